The number of nitro groups is 1. The van der Waals surface area contributed by atoms with Crippen LogP contribution in [0.5, 0.6) is 0 Å². The highest BCUT2D eigenvalue weighted by atomic mass is 16.6. The highest BCUT2D eigenvalue weighted by Crippen LogP contribution is 2.28. The van der Waals surface area contributed by atoms with Gasteiger partial charge in [-0.25, -0.2) is 4.79 Å². The number of nitro benzene ring substituents is 1. The molecule has 8 nitrogen and oxygen atoms in total. The molecule has 1 unspecified atom stereocenters. The third-order valence-electron chi connectivity index (χ3n) is 4.02. The second kappa shape index (κ2) is 9.22. The molecule has 0 aliphatic heterocycles. The van der Waals surface area contributed by atoms with Crippen LogP contribution in [0, 0.1) is 10.1 Å². The number of hydrogen-bond acceptors (Lipinski definition) is 7. The third kappa shape index (κ3) is 5.10. The van der Waals surface area contributed by atoms with Gasteiger partial charge in [-0.05, 0) is 30.2 Å². The fourth-order valence-corrected chi connectivity index (χ4v) is 2.50. The molecule has 3 N–H and O–H groups in total. The van der Waals surface area contributed by atoms with Crippen LogP contribution in [0.1, 0.15) is 24.2 Å². The van der Waals surface area contributed by atoms with Crippen molar-refractivity contribution in [3.05, 3.63) is 75.8 Å². The van der Waals surface area contributed by atoms with Crippen LogP contribution in [0.15, 0.2) is 54.6 Å². The average molecular weight is 374 g/mol. The van der Waals surface area contributed by atoms with Crippen molar-refractivity contribution in [3.8, 4) is 0 Å². The molecular weight excluding hydrogens is 352 g/mol. The fourth-order valence-electron chi connectivity index (χ4n) is 2.50. The number of nitrogens with two attached hydrogens (primary N) is 1. The zero-order chi connectivity index (χ0) is 19.9. The maximum atomic E-state index is 12.4. The van der Waals surface area contributed by atoms with Gasteiger partial charge in [-0.2, -0.15) is 0 Å². The first-order chi connectivity index (χ1) is 12.9. The molecule has 27 heavy (non-hydrogen) atoms. The van der Waals surface area contributed by atoms with E-state index in [-0.39, 0.29) is 31.1 Å². The van der Waals surface area contributed by atoms with Crippen molar-refractivity contribution in [2.75, 3.05) is 13.2 Å². The molecule has 0 spiro atoms. The van der Waals surface area contributed by atoms with Crippen LogP contribution in [0.3, 0.4) is 0 Å². The van der Waals surface area contributed by atoms with Crippen LogP contribution in [0.4, 0.5) is 5.69 Å². The van der Waals surface area contributed by atoms with Crippen LogP contribution in [0.2, 0.25) is 0 Å². The number of ether oxygens (including phenoxy) is 2. The van der Waals surface area contributed by atoms with Crippen molar-refractivity contribution < 1.29 is 24.3 Å². The maximum Gasteiger partial charge on any atom is 0.331 e. The van der Waals surface area contributed by atoms with Crippen LogP contribution in [0.25, 0.3) is 0 Å². The highest BCUT2D eigenvalue weighted by Gasteiger charge is 2.44. The van der Waals surface area contributed by atoms with Crippen molar-refractivity contribution in [2.45, 2.75) is 25.2 Å². The Morgan fingerprint density at radius 3 is 2.41 bits per heavy atom. The van der Waals surface area contributed by atoms with Gasteiger partial charge in [-0.15, -0.1) is 0 Å². The summed E-state index contributed by atoms with van der Waals surface area (Å²) in [5.74, 6) is -0.816. The van der Waals surface area contributed by atoms with Gasteiger partial charge in [0.25, 0.3) is 5.69 Å². The number of nitrogens with zero attached hydrogens (tertiary/aromatic N) is 1. The molecule has 2 aromatic rings. The van der Waals surface area contributed by atoms with E-state index in [0.717, 1.165) is 5.56 Å². The van der Waals surface area contributed by atoms with Gasteiger partial charge in [0, 0.05) is 12.1 Å². The van der Waals surface area contributed by atoms with Crippen molar-refractivity contribution in [1.82, 2.24) is 0 Å². The fraction of sp³-hybridized carbons (Fsp3) is 0.316. The van der Waals surface area contributed by atoms with E-state index in [2.05, 4.69) is 0 Å². The predicted molar refractivity (Wildman–Crippen MR) is 97.7 cm³/mol. The Balaban J connectivity index is 2.17. The van der Waals surface area contributed by atoms with E-state index in [0.29, 0.717) is 0 Å². The number of carbonyl (C=O) groups is 1. The van der Waals surface area contributed by atoms with Crippen molar-refractivity contribution in [1.29, 1.82) is 0 Å². The summed E-state index contributed by atoms with van der Waals surface area (Å²) in [6.45, 7) is 1.62. The number of rotatable bonds is 9. The largest absolute Gasteiger partial charge is 0.464 e. The summed E-state index contributed by atoms with van der Waals surface area (Å²) in [5, 5.41) is 21.5. The molecule has 0 aliphatic carbocycles. The lowest BCUT2D eigenvalue weighted by atomic mass is 9.89. The van der Waals surface area contributed by atoms with Crippen LogP contribution >= 0.6 is 0 Å². The lowest BCUT2D eigenvalue weighted by Gasteiger charge is -2.31. The molecule has 144 valence electrons. The first-order valence-electron chi connectivity index (χ1n) is 8.38. The zero-order valence-corrected chi connectivity index (χ0v) is 14.9. The quantitative estimate of drug-likeness (QED) is 0.391. The van der Waals surface area contributed by atoms with Crippen LogP contribution in [-0.2, 0) is 20.9 Å². The summed E-state index contributed by atoms with van der Waals surface area (Å²) in [5.41, 5.74) is 5.32. The zero-order valence-electron chi connectivity index (χ0n) is 14.9. The standard InChI is InChI=1S/C19H22N2O6/c1-2-27-18(23)19(20,13-26-12-14-6-4-3-5-7-14)17(22)15-8-10-16(11-9-15)21(24)25/h3-11,17,22H,2,12-13,20H2,1H3/t17?,19-/m0/s1. The lowest BCUT2D eigenvalue weighted by Crippen LogP contribution is -2.57. The normalized spacial score (nSPS) is 14.2. The number of aliphatic hydroxyl groups is 1. The molecule has 2 aromatic carbocycles. The van der Waals surface area contributed by atoms with Gasteiger partial charge in [0.15, 0.2) is 5.54 Å². The molecule has 0 aromatic heterocycles. The molecule has 0 saturated heterocycles. The smallest absolute Gasteiger partial charge is 0.331 e. The first-order valence-corrected chi connectivity index (χ1v) is 8.38. The van der Waals surface area contributed by atoms with E-state index in [4.69, 9.17) is 15.2 Å². The molecule has 0 heterocycles. The van der Waals surface area contributed by atoms with Gasteiger partial charge in [-0.3, -0.25) is 10.1 Å². The second-order valence-electron chi connectivity index (χ2n) is 5.99. The van der Waals surface area contributed by atoms with Crippen LogP contribution in [-0.4, -0.2) is 34.8 Å². The summed E-state index contributed by atoms with van der Waals surface area (Å²) in [7, 11) is 0. The molecule has 0 radical (unpaired) electrons. The maximum absolute atomic E-state index is 12.4. The topological polar surface area (TPSA) is 125 Å². The monoisotopic (exact) mass is 374 g/mol. The Morgan fingerprint density at radius 2 is 1.85 bits per heavy atom. The summed E-state index contributed by atoms with van der Waals surface area (Å²) < 4.78 is 10.6. The van der Waals surface area contributed by atoms with Gasteiger partial charge in [-0.1, -0.05) is 30.3 Å². The number of aliphatic hydroxyl groups excluding tert-OH is 1. The second-order valence-corrected chi connectivity index (χ2v) is 5.99. The Bertz CT molecular complexity index is 766. The summed E-state index contributed by atoms with van der Waals surface area (Å²) in [6.07, 6.45) is -1.46. The Kier molecular flexibility index (Phi) is 7.00. The molecule has 0 bridgehead atoms. The van der Waals surface area contributed by atoms with Crippen LogP contribution < -0.4 is 5.73 Å². The van der Waals surface area contributed by atoms with E-state index in [1.54, 1.807) is 6.92 Å². The number of benzene rings is 2. The average Bonchev–Trinajstić information content (AvgIpc) is 2.68. The molecule has 8 heteroatoms. The number of esters is 1. The van der Waals surface area contributed by atoms with Crippen molar-refractivity contribution in [3.63, 3.8) is 0 Å². The summed E-state index contributed by atoms with van der Waals surface area (Å²) in [4.78, 5) is 22.6. The summed E-state index contributed by atoms with van der Waals surface area (Å²) in [6, 6.07) is 14.4. The van der Waals surface area contributed by atoms with Crippen molar-refractivity contribution >= 4 is 11.7 Å². The van der Waals surface area contributed by atoms with E-state index < -0.39 is 22.5 Å². The van der Waals surface area contributed by atoms with E-state index >= 15 is 0 Å². The van der Waals surface area contributed by atoms with Gasteiger partial charge in [0.2, 0.25) is 0 Å². The van der Waals surface area contributed by atoms with Gasteiger partial charge < -0.3 is 20.3 Å². The minimum atomic E-state index is -1.86. The van der Waals surface area contributed by atoms with E-state index in [1.807, 2.05) is 30.3 Å². The minimum Gasteiger partial charge on any atom is -0.464 e. The molecular formula is C19H22N2O6. The van der Waals surface area contributed by atoms with Gasteiger partial charge in [0.05, 0.1) is 24.7 Å². The molecule has 2 atom stereocenters. The Labute approximate surface area is 156 Å². The predicted octanol–water partition coefficient (Wildman–Crippen LogP) is 2.11. The molecule has 0 fully saturated rings. The van der Waals surface area contributed by atoms with Gasteiger partial charge in [0.1, 0.15) is 6.10 Å². The highest BCUT2D eigenvalue weighted by molar-refractivity contribution is 5.82. The molecule has 0 amide bonds. The molecule has 0 aliphatic rings. The third-order valence-corrected chi connectivity index (χ3v) is 4.02. The van der Waals surface area contributed by atoms with Gasteiger partial charge >= 0.3 is 5.97 Å². The first kappa shape index (κ1) is 20.5. The Hall–Kier alpha value is -2.81. The SMILES string of the molecule is CCOC(=O)[C@](N)(COCc1ccccc1)C(O)c1ccc([N+](=O)[O-])cc1. The number of carbonyl (C=O) groups excluding carboxylic acids is 1. The number of hydrogen-bond donors (Lipinski definition) is 2. The van der Waals surface area contributed by atoms with E-state index in [9.17, 15) is 20.0 Å². The molecule has 0 saturated carbocycles. The Morgan fingerprint density at radius 1 is 1.22 bits per heavy atom. The molecule has 2 rings (SSSR count). The minimum absolute atomic E-state index is 0.0868. The summed E-state index contributed by atoms with van der Waals surface area (Å²) >= 11 is 0. The van der Waals surface area contributed by atoms with Crippen molar-refractivity contribution in [2.24, 2.45) is 5.73 Å². The lowest BCUT2D eigenvalue weighted by molar-refractivity contribution is -0.384. The number of non-ortho nitro benzene ring substituents is 1. The van der Waals surface area contributed by atoms with E-state index in [1.165, 1.54) is 24.3 Å².